The number of piperidine rings is 1. The minimum Gasteiger partial charge on any atom is -0.444 e. The first-order valence-corrected chi connectivity index (χ1v) is 16.1. The number of nitrogens with zero attached hydrogens (tertiary/aromatic N) is 4. The van der Waals surface area contributed by atoms with Crippen LogP contribution in [-0.4, -0.2) is 55.8 Å². The van der Waals surface area contributed by atoms with Gasteiger partial charge in [-0.15, -0.1) is 0 Å². The third kappa shape index (κ3) is 7.64. The van der Waals surface area contributed by atoms with E-state index in [1.165, 1.54) is 11.5 Å². The van der Waals surface area contributed by atoms with Crippen LogP contribution >= 0.6 is 0 Å². The smallest absolute Gasteiger partial charge is 0.408 e. The molecule has 0 aliphatic carbocycles. The number of nitrogens with one attached hydrogen (secondary N) is 2. The van der Waals surface area contributed by atoms with Crippen molar-refractivity contribution in [3.05, 3.63) is 68.1 Å². The number of ether oxygens (including phenoxy) is 1. The van der Waals surface area contributed by atoms with E-state index in [-0.39, 0.29) is 35.9 Å². The Morgan fingerprint density at radius 1 is 1.15 bits per heavy atom. The van der Waals surface area contributed by atoms with Gasteiger partial charge in [-0.1, -0.05) is 24.0 Å². The van der Waals surface area contributed by atoms with Crippen LogP contribution in [0.15, 0.2) is 29.1 Å². The van der Waals surface area contributed by atoms with Gasteiger partial charge in [0, 0.05) is 38.0 Å². The molecule has 48 heavy (non-hydrogen) atoms. The number of alkyl carbamates (subject to hydrolysis) is 1. The van der Waals surface area contributed by atoms with Crippen molar-refractivity contribution >= 4 is 28.7 Å². The van der Waals surface area contributed by atoms with Crippen molar-refractivity contribution in [3.63, 3.8) is 0 Å². The molecule has 11 heteroatoms. The van der Waals surface area contributed by atoms with Gasteiger partial charge in [0.1, 0.15) is 11.4 Å². The Labute approximate surface area is 282 Å². The molecule has 4 rings (SSSR count). The molecule has 0 bridgehead atoms. The summed E-state index contributed by atoms with van der Waals surface area (Å²) in [5.74, 6) is 6.71. The third-order valence-electron chi connectivity index (χ3n) is 8.71. The SMILES string of the molecule is CC(=O)N1CCC(O)(c2cc3c(N[C@H](C)c4cccc(C#N)c4C)nc(C)c(C#CC(C)(C)NC(=O)OC(C)(C)C)c3n(C)c2=O)CC1. The summed E-state index contributed by atoms with van der Waals surface area (Å²) in [4.78, 5) is 45.2. The first-order valence-electron chi connectivity index (χ1n) is 16.1. The van der Waals surface area contributed by atoms with Gasteiger partial charge in [-0.2, -0.15) is 5.26 Å². The second-order valence-corrected chi connectivity index (χ2v) is 14.1. The molecule has 3 N–H and O–H groups in total. The minimum atomic E-state index is -1.45. The fourth-order valence-corrected chi connectivity index (χ4v) is 6.06. The summed E-state index contributed by atoms with van der Waals surface area (Å²) in [6.07, 6.45) is -0.182. The summed E-state index contributed by atoms with van der Waals surface area (Å²) >= 11 is 0. The van der Waals surface area contributed by atoms with Crippen molar-refractivity contribution in [2.45, 2.75) is 97.9 Å². The predicted octanol–water partition coefficient (Wildman–Crippen LogP) is 5.08. The molecular formula is C37H46N6O5. The van der Waals surface area contributed by atoms with E-state index in [1.54, 1.807) is 65.6 Å². The van der Waals surface area contributed by atoms with Gasteiger partial charge in [-0.25, -0.2) is 9.78 Å². The number of benzene rings is 1. The van der Waals surface area contributed by atoms with E-state index >= 15 is 0 Å². The van der Waals surface area contributed by atoms with Gasteiger partial charge < -0.3 is 29.9 Å². The molecule has 3 aromatic rings. The number of aromatic nitrogens is 2. The van der Waals surface area contributed by atoms with E-state index in [0.29, 0.717) is 46.6 Å². The van der Waals surface area contributed by atoms with Crippen LogP contribution in [-0.2, 0) is 22.2 Å². The number of anilines is 1. The number of hydrogen-bond acceptors (Lipinski definition) is 8. The quantitative estimate of drug-likeness (QED) is 0.323. The van der Waals surface area contributed by atoms with Gasteiger partial charge in [-0.05, 0) is 91.5 Å². The average Bonchev–Trinajstić information content (AvgIpc) is 2.97. The van der Waals surface area contributed by atoms with Crippen LogP contribution < -0.4 is 16.2 Å². The molecule has 2 amide bonds. The highest BCUT2D eigenvalue weighted by atomic mass is 16.6. The molecule has 0 saturated carbocycles. The summed E-state index contributed by atoms with van der Waals surface area (Å²) < 4.78 is 6.91. The number of fused-ring (bicyclic) bond motifs is 1. The van der Waals surface area contributed by atoms with E-state index < -0.39 is 22.8 Å². The molecule has 1 atom stereocenters. The van der Waals surface area contributed by atoms with Crippen LogP contribution in [0.4, 0.5) is 10.6 Å². The van der Waals surface area contributed by atoms with Crippen molar-refractivity contribution in [1.29, 1.82) is 5.26 Å². The summed E-state index contributed by atoms with van der Waals surface area (Å²) in [5, 5.41) is 28.3. The molecule has 0 unspecified atom stereocenters. The monoisotopic (exact) mass is 654 g/mol. The van der Waals surface area contributed by atoms with Crippen molar-refractivity contribution in [2.24, 2.45) is 7.05 Å². The topological polar surface area (TPSA) is 150 Å². The number of pyridine rings is 2. The zero-order chi connectivity index (χ0) is 35.8. The van der Waals surface area contributed by atoms with Crippen molar-refractivity contribution < 1.29 is 19.4 Å². The molecule has 1 fully saturated rings. The van der Waals surface area contributed by atoms with E-state index in [4.69, 9.17) is 9.72 Å². The molecule has 2 aromatic heterocycles. The fraction of sp³-hybridized carbons (Fsp3) is 0.486. The molecule has 1 aliphatic heterocycles. The maximum atomic E-state index is 14.0. The lowest BCUT2D eigenvalue weighted by Gasteiger charge is -2.38. The number of aryl methyl sites for hydroxylation is 2. The van der Waals surface area contributed by atoms with Crippen molar-refractivity contribution in [2.75, 3.05) is 18.4 Å². The Morgan fingerprint density at radius 3 is 2.38 bits per heavy atom. The van der Waals surface area contributed by atoms with Crippen LogP contribution in [0.1, 0.15) is 101 Å². The number of aliphatic hydroxyl groups is 1. The van der Waals surface area contributed by atoms with E-state index in [0.717, 1.165) is 11.1 Å². The van der Waals surface area contributed by atoms with Crippen molar-refractivity contribution in [1.82, 2.24) is 19.8 Å². The lowest BCUT2D eigenvalue weighted by molar-refractivity contribution is -0.133. The second kappa shape index (κ2) is 13.3. The Kier molecular flexibility index (Phi) is 9.99. The van der Waals surface area contributed by atoms with Gasteiger partial charge in [0.25, 0.3) is 5.56 Å². The molecule has 1 aliphatic rings. The first kappa shape index (κ1) is 36.0. The largest absolute Gasteiger partial charge is 0.444 e. The first-order chi connectivity index (χ1) is 22.3. The second-order valence-electron chi connectivity index (χ2n) is 14.1. The van der Waals surface area contributed by atoms with E-state index in [1.807, 2.05) is 26.0 Å². The molecule has 0 radical (unpaired) electrons. The molecule has 11 nitrogen and oxygen atoms in total. The predicted molar refractivity (Wildman–Crippen MR) is 185 cm³/mol. The van der Waals surface area contributed by atoms with Crippen LogP contribution in [0.2, 0.25) is 0 Å². The molecular weight excluding hydrogens is 608 g/mol. The summed E-state index contributed by atoms with van der Waals surface area (Å²) in [6, 6.07) is 9.22. The maximum Gasteiger partial charge on any atom is 0.408 e. The third-order valence-corrected chi connectivity index (χ3v) is 8.71. The number of nitriles is 1. The summed E-state index contributed by atoms with van der Waals surface area (Å²) in [5.41, 5.74) is 0.621. The molecule has 0 spiro atoms. The van der Waals surface area contributed by atoms with Gasteiger partial charge in [0.2, 0.25) is 5.91 Å². The highest BCUT2D eigenvalue weighted by molar-refractivity contribution is 5.95. The number of amides is 2. The van der Waals surface area contributed by atoms with E-state index in [2.05, 4.69) is 28.5 Å². The van der Waals surface area contributed by atoms with Crippen LogP contribution in [0.3, 0.4) is 0 Å². The number of carbonyl (C=O) groups excluding carboxylic acids is 2. The Morgan fingerprint density at radius 2 is 1.79 bits per heavy atom. The van der Waals surface area contributed by atoms with Gasteiger partial charge >= 0.3 is 6.09 Å². The molecule has 1 aromatic carbocycles. The number of likely N-dealkylation sites (tertiary alicyclic amines) is 1. The number of rotatable bonds is 5. The standard InChI is InChI=1S/C37H46N6O5/c1-22-26(21-38)12-11-13-27(22)23(2)39-32-29-20-30(37(47)16-18-43(19-17-37)25(4)44)33(45)42(10)31(29)28(24(3)40-32)14-15-36(8,9)41-34(46)48-35(5,6)7/h11-13,20,23,47H,16-19H2,1-10H3,(H,39,40)(H,41,46)/t23-/m1/s1. The Hall–Kier alpha value is -4.87. The van der Waals surface area contributed by atoms with E-state index in [9.17, 15) is 24.8 Å². The Balaban J connectivity index is 1.90. The van der Waals surface area contributed by atoms with Crippen LogP contribution in [0, 0.1) is 37.0 Å². The van der Waals surface area contributed by atoms with Gasteiger partial charge in [-0.3, -0.25) is 9.59 Å². The fourth-order valence-electron chi connectivity index (χ4n) is 6.06. The van der Waals surface area contributed by atoms with Crippen LogP contribution in [0.5, 0.6) is 0 Å². The van der Waals surface area contributed by atoms with Crippen molar-refractivity contribution in [3.8, 4) is 17.9 Å². The molecule has 3 heterocycles. The lowest BCUT2D eigenvalue weighted by Crippen LogP contribution is -2.47. The summed E-state index contributed by atoms with van der Waals surface area (Å²) in [7, 11) is 1.64. The Bertz CT molecular complexity index is 1930. The zero-order valence-electron chi connectivity index (χ0n) is 29.6. The average molecular weight is 655 g/mol. The summed E-state index contributed by atoms with van der Waals surface area (Å²) in [6.45, 7) is 16.7. The number of hydrogen-bond donors (Lipinski definition) is 3. The minimum absolute atomic E-state index is 0.0772. The number of carbonyl (C=O) groups is 2. The maximum absolute atomic E-state index is 14.0. The highest BCUT2D eigenvalue weighted by Crippen LogP contribution is 2.36. The zero-order valence-corrected chi connectivity index (χ0v) is 29.6. The van der Waals surface area contributed by atoms with Gasteiger partial charge in [0.05, 0.1) is 45.6 Å². The molecule has 1 saturated heterocycles. The highest BCUT2D eigenvalue weighted by Gasteiger charge is 2.38. The van der Waals surface area contributed by atoms with Crippen LogP contribution in [0.25, 0.3) is 10.9 Å². The molecule has 254 valence electrons. The lowest BCUT2D eigenvalue weighted by atomic mass is 9.84. The normalized spacial score (nSPS) is 15.2. The van der Waals surface area contributed by atoms with Gasteiger partial charge in [0.15, 0.2) is 0 Å².